The summed E-state index contributed by atoms with van der Waals surface area (Å²) >= 11 is 0. The Balaban J connectivity index is 1.69. The zero-order valence-electron chi connectivity index (χ0n) is 14.2. The summed E-state index contributed by atoms with van der Waals surface area (Å²) in [4.78, 5) is 12.4. The molecule has 0 saturated heterocycles. The number of fused-ring (bicyclic) bond motifs is 5. The first-order valence-corrected chi connectivity index (χ1v) is 9.50. The normalized spacial score (nSPS) is 56.5. The summed E-state index contributed by atoms with van der Waals surface area (Å²) < 4.78 is 0. The number of ketones is 1. The molecule has 0 heterocycles. The molecule has 118 valence electrons. The molecule has 1 nitrogen and oxygen atoms in total. The Morgan fingerprint density at radius 2 is 1.76 bits per heavy atom. The van der Waals surface area contributed by atoms with Crippen molar-refractivity contribution >= 4 is 5.78 Å². The van der Waals surface area contributed by atoms with E-state index in [-0.39, 0.29) is 5.41 Å². The van der Waals surface area contributed by atoms with Gasteiger partial charge < -0.3 is 0 Å². The molecule has 21 heavy (non-hydrogen) atoms. The number of hydrogen-bond donors (Lipinski definition) is 0. The van der Waals surface area contributed by atoms with Crippen molar-refractivity contribution in [2.24, 2.45) is 40.4 Å². The van der Waals surface area contributed by atoms with E-state index in [1.165, 1.54) is 51.4 Å². The van der Waals surface area contributed by atoms with Crippen LogP contribution in [-0.4, -0.2) is 5.78 Å². The first-order chi connectivity index (χ1) is 9.97. The Hall–Kier alpha value is -0.330. The summed E-state index contributed by atoms with van der Waals surface area (Å²) in [6.45, 7) is 7.46. The molecule has 0 aromatic heterocycles. The molecule has 2 unspecified atom stereocenters. The minimum Gasteiger partial charge on any atom is -0.299 e. The van der Waals surface area contributed by atoms with E-state index in [1.807, 2.05) is 0 Å². The zero-order chi connectivity index (χ0) is 14.8. The lowest BCUT2D eigenvalue weighted by molar-refractivity contribution is -0.144. The summed E-state index contributed by atoms with van der Waals surface area (Å²) in [7, 11) is 0. The third-order valence-electron chi connectivity index (χ3n) is 8.65. The highest BCUT2D eigenvalue weighted by Gasteiger charge is 2.60. The fourth-order valence-electron chi connectivity index (χ4n) is 7.58. The fraction of sp³-hybridized carbons (Fsp3) is 0.950. The van der Waals surface area contributed by atoms with Gasteiger partial charge in [-0.15, -0.1) is 0 Å². The van der Waals surface area contributed by atoms with Gasteiger partial charge in [0.1, 0.15) is 5.78 Å². The number of rotatable bonds is 0. The quantitative estimate of drug-likeness (QED) is 0.596. The monoisotopic (exact) mass is 288 g/mol. The molecule has 7 atom stereocenters. The van der Waals surface area contributed by atoms with E-state index in [9.17, 15) is 4.79 Å². The molecule has 0 bridgehead atoms. The predicted molar refractivity (Wildman–Crippen MR) is 85.9 cm³/mol. The van der Waals surface area contributed by atoms with Gasteiger partial charge in [-0.05, 0) is 73.5 Å². The molecule has 0 aromatic rings. The highest BCUT2D eigenvalue weighted by Crippen LogP contribution is 2.66. The molecule has 1 heteroatoms. The minimum atomic E-state index is 0.0543. The second-order valence-corrected chi connectivity index (χ2v) is 9.37. The van der Waals surface area contributed by atoms with Crippen molar-refractivity contribution in [3.8, 4) is 0 Å². The van der Waals surface area contributed by atoms with Gasteiger partial charge in [-0.3, -0.25) is 4.79 Å². The van der Waals surface area contributed by atoms with Crippen LogP contribution in [0.1, 0.15) is 78.6 Å². The molecule has 4 fully saturated rings. The molecule has 4 aliphatic rings. The Kier molecular flexibility index (Phi) is 3.12. The standard InChI is InChI=1S/C20H32O/c1-13-12-14-16-7-8-18(21)20(16,3)11-9-17(14)19(2)10-5-4-6-15(13)19/h13-17H,4-12H2,1-3H3/t13?,14-,15?,16-,17+,19-,20-/m0/s1. The van der Waals surface area contributed by atoms with Gasteiger partial charge in [0.05, 0.1) is 0 Å². The average molecular weight is 288 g/mol. The predicted octanol–water partition coefficient (Wildman–Crippen LogP) is 5.23. The Labute approximate surface area is 130 Å². The summed E-state index contributed by atoms with van der Waals surface area (Å²) in [5.41, 5.74) is 0.645. The highest BCUT2D eigenvalue weighted by atomic mass is 16.1. The second-order valence-electron chi connectivity index (χ2n) is 9.37. The largest absolute Gasteiger partial charge is 0.299 e. The lowest BCUT2D eigenvalue weighted by Gasteiger charge is -2.61. The topological polar surface area (TPSA) is 17.1 Å². The van der Waals surface area contributed by atoms with Crippen molar-refractivity contribution in [1.82, 2.24) is 0 Å². The van der Waals surface area contributed by atoms with Gasteiger partial charge in [0.25, 0.3) is 0 Å². The molecule has 4 rings (SSSR count). The van der Waals surface area contributed by atoms with Crippen LogP contribution in [-0.2, 0) is 4.79 Å². The van der Waals surface area contributed by atoms with E-state index in [0.29, 0.717) is 17.1 Å². The molecular weight excluding hydrogens is 256 g/mol. The molecule has 0 amide bonds. The molecule has 4 saturated carbocycles. The maximum absolute atomic E-state index is 12.4. The van der Waals surface area contributed by atoms with Crippen molar-refractivity contribution < 1.29 is 4.79 Å². The van der Waals surface area contributed by atoms with E-state index in [2.05, 4.69) is 20.8 Å². The maximum atomic E-state index is 12.4. The van der Waals surface area contributed by atoms with Gasteiger partial charge in [-0.2, -0.15) is 0 Å². The fourth-order valence-corrected chi connectivity index (χ4v) is 7.58. The van der Waals surface area contributed by atoms with Gasteiger partial charge in [-0.1, -0.05) is 33.6 Å². The Bertz CT molecular complexity index is 455. The van der Waals surface area contributed by atoms with E-state index in [0.717, 1.165) is 30.1 Å². The van der Waals surface area contributed by atoms with Gasteiger partial charge in [0.15, 0.2) is 0 Å². The molecule has 0 spiro atoms. The molecule has 0 radical (unpaired) electrons. The Morgan fingerprint density at radius 3 is 2.57 bits per heavy atom. The van der Waals surface area contributed by atoms with Gasteiger partial charge in [0.2, 0.25) is 0 Å². The van der Waals surface area contributed by atoms with E-state index < -0.39 is 0 Å². The van der Waals surface area contributed by atoms with Crippen LogP contribution < -0.4 is 0 Å². The van der Waals surface area contributed by atoms with Crippen molar-refractivity contribution in [2.45, 2.75) is 78.6 Å². The van der Waals surface area contributed by atoms with E-state index >= 15 is 0 Å². The van der Waals surface area contributed by atoms with Gasteiger partial charge in [-0.25, -0.2) is 0 Å². The van der Waals surface area contributed by atoms with Crippen molar-refractivity contribution in [2.75, 3.05) is 0 Å². The lowest BCUT2D eigenvalue weighted by atomic mass is 9.43. The van der Waals surface area contributed by atoms with Gasteiger partial charge >= 0.3 is 0 Å². The first-order valence-electron chi connectivity index (χ1n) is 9.50. The smallest absolute Gasteiger partial charge is 0.139 e. The third kappa shape index (κ3) is 1.78. The maximum Gasteiger partial charge on any atom is 0.139 e. The number of Topliss-reactive ketones (excluding diaryl/α,β-unsaturated/α-hetero) is 1. The van der Waals surface area contributed by atoms with E-state index in [4.69, 9.17) is 0 Å². The van der Waals surface area contributed by atoms with Crippen LogP contribution in [0.15, 0.2) is 0 Å². The Morgan fingerprint density at radius 1 is 0.952 bits per heavy atom. The SMILES string of the molecule is CC1C[C@@H]2[C@@H](CC[C@]3(C)C(=O)CC[C@@H]23)[C@@]2(C)CCCCC12. The summed E-state index contributed by atoms with van der Waals surface area (Å²) in [5, 5.41) is 0. The number of carbonyl (C=O) groups excluding carboxylic acids is 1. The lowest BCUT2D eigenvalue weighted by Crippen LogP contribution is -2.55. The van der Waals surface area contributed by atoms with Crippen molar-refractivity contribution in [3.63, 3.8) is 0 Å². The van der Waals surface area contributed by atoms with Crippen molar-refractivity contribution in [1.29, 1.82) is 0 Å². The van der Waals surface area contributed by atoms with Crippen LogP contribution in [0.2, 0.25) is 0 Å². The van der Waals surface area contributed by atoms with Crippen LogP contribution in [0.3, 0.4) is 0 Å². The first kappa shape index (κ1) is 14.3. The molecular formula is C20H32O. The summed E-state index contributed by atoms with van der Waals surface area (Å²) in [6.07, 6.45) is 11.9. The zero-order valence-corrected chi connectivity index (χ0v) is 14.2. The summed E-state index contributed by atoms with van der Waals surface area (Å²) in [5.74, 6) is 4.93. The van der Waals surface area contributed by atoms with Gasteiger partial charge in [0, 0.05) is 11.8 Å². The second kappa shape index (κ2) is 4.59. The summed E-state index contributed by atoms with van der Waals surface area (Å²) in [6, 6.07) is 0. The van der Waals surface area contributed by atoms with Crippen molar-refractivity contribution in [3.05, 3.63) is 0 Å². The molecule has 0 aromatic carbocycles. The van der Waals surface area contributed by atoms with Crippen LogP contribution in [0.4, 0.5) is 0 Å². The van der Waals surface area contributed by atoms with Crippen LogP contribution in [0, 0.1) is 40.4 Å². The number of hydrogen-bond acceptors (Lipinski definition) is 1. The molecule has 0 N–H and O–H groups in total. The molecule has 4 aliphatic carbocycles. The highest BCUT2D eigenvalue weighted by molar-refractivity contribution is 5.87. The van der Waals surface area contributed by atoms with Crippen LogP contribution in [0.5, 0.6) is 0 Å². The number of carbonyl (C=O) groups is 1. The van der Waals surface area contributed by atoms with Crippen LogP contribution >= 0.6 is 0 Å². The third-order valence-corrected chi connectivity index (χ3v) is 8.65. The molecule has 0 aliphatic heterocycles. The minimum absolute atomic E-state index is 0.0543. The van der Waals surface area contributed by atoms with Crippen LogP contribution in [0.25, 0.3) is 0 Å². The average Bonchev–Trinajstić information content (AvgIpc) is 2.75. The van der Waals surface area contributed by atoms with E-state index in [1.54, 1.807) is 0 Å².